The summed E-state index contributed by atoms with van der Waals surface area (Å²) in [5.74, 6) is 0.131. The lowest BCUT2D eigenvalue weighted by atomic mass is 10.0. The second-order valence-corrected chi connectivity index (χ2v) is 9.73. The molecule has 10 heteroatoms. The Bertz CT molecular complexity index is 1110. The molecule has 37 heavy (non-hydrogen) atoms. The van der Waals surface area contributed by atoms with Crippen LogP contribution in [0.3, 0.4) is 0 Å². The number of rotatable bonds is 4. The van der Waals surface area contributed by atoms with Crippen molar-refractivity contribution in [1.82, 2.24) is 9.80 Å². The summed E-state index contributed by atoms with van der Waals surface area (Å²) >= 11 is 5.90. The quantitative estimate of drug-likeness (QED) is 0.595. The van der Waals surface area contributed by atoms with E-state index in [1.54, 1.807) is 61.5 Å². The van der Waals surface area contributed by atoms with E-state index in [0.29, 0.717) is 47.2 Å². The molecule has 4 amide bonds. The number of hydrogen-bond acceptors (Lipinski definition) is 5. The minimum absolute atomic E-state index is 0.0124. The average molecular weight is 531 g/mol. The Morgan fingerprint density at radius 1 is 1.08 bits per heavy atom. The Labute approximate surface area is 223 Å². The molecule has 1 aliphatic rings. The van der Waals surface area contributed by atoms with Gasteiger partial charge in [-0.15, -0.1) is 0 Å². The number of ether oxygens (including phenoxy) is 2. The van der Waals surface area contributed by atoms with Gasteiger partial charge in [-0.3, -0.25) is 9.59 Å². The molecule has 2 N–H and O–H groups in total. The largest absolute Gasteiger partial charge is 0.491 e. The average Bonchev–Trinajstić information content (AvgIpc) is 2.88. The number of likely N-dealkylation sites (N-methyl/N-ethyl adjacent to an activating group) is 1. The van der Waals surface area contributed by atoms with Crippen LogP contribution in [0.5, 0.6) is 5.75 Å². The highest BCUT2D eigenvalue weighted by atomic mass is 35.5. The molecule has 0 aromatic heterocycles. The number of anilines is 2. The van der Waals surface area contributed by atoms with Crippen molar-refractivity contribution in [3.63, 3.8) is 0 Å². The molecular weight excluding hydrogens is 496 g/mol. The molecule has 3 rings (SSSR count). The Morgan fingerprint density at radius 2 is 1.73 bits per heavy atom. The van der Waals surface area contributed by atoms with Gasteiger partial charge in [-0.2, -0.15) is 0 Å². The first-order chi connectivity index (χ1) is 17.6. The molecule has 0 radical (unpaired) electrons. The SMILES string of the molecule is CCC(=O)N1C[C@H](C)[C@@H](OC)CN(C)C(=O)c2cc(NC(=O)Nc3ccc(Cl)cc3)ccc2OC[C@H]1C. The van der Waals surface area contributed by atoms with Crippen LogP contribution in [0.1, 0.15) is 37.6 Å². The number of halogens is 1. The summed E-state index contributed by atoms with van der Waals surface area (Å²) in [6, 6.07) is 11.0. The summed E-state index contributed by atoms with van der Waals surface area (Å²) in [4.78, 5) is 42.1. The molecule has 0 saturated carbocycles. The molecule has 0 unspecified atom stereocenters. The van der Waals surface area contributed by atoms with E-state index in [2.05, 4.69) is 10.6 Å². The van der Waals surface area contributed by atoms with Crippen molar-refractivity contribution in [2.45, 2.75) is 39.3 Å². The third-order valence-corrected chi connectivity index (χ3v) is 6.68. The van der Waals surface area contributed by atoms with Gasteiger partial charge in [-0.05, 0) is 49.4 Å². The smallest absolute Gasteiger partial charge is 0.323 e. The van der Waals surface area contributed by atoms with Crippen molar-refractivity contribution < 1.29 is 23.9 Å². The first-order valence-electron chi connectivity index (χ1n) is 12.3. The number of nitrogens with zero attached hydrogens (tertiary/aromatic N) is 2. The number of carbonyl (C=O) groups is 3. The van der Waals surface area contributed by atoms with Gasteiger partial charge in [0.1, 0.15) is 12.4 Å². The van der Waals surface area contributed by atoms with Gasteiger partial charge in [-0.25, -0.2) is 4.79 Å². The number of hydrogen-bond donors (Lipinski definition) is 2. The van der Waals surface area contributed by atoms with Crippen LogP contribution >= 0.6 is 11.6 Å². The van der Waals surface area contributed by atoms with Crippen LogP contribution in [0.2, 0.25) is 5.02 Å². The fraction of sp³-hybridized carbons (Fsp3) is 0.444. The van der Waals surface area contributed by atoms with Gasteiger partial charge >= 0.3 is 6.03 Å². The fourth-order valence-electron chi connectivity index (χ4n) is 4.23. The maximum absolute atomic E-state index is 13.5. The topological polar surface area (TPSA) is 100 Å². The maximum atomic E-state index is 13.5. The molecule has 0 bridgehead atoms. The van der Waals surface area contributed by atoms with Crippen molar-refractivity contribution in [2.75, 3.05) is 44.5 Å². The fourth-order valence-corrected chi connectivity index (χ4v) is 4.36. The molecular formula is C27H35ClN4O5. The van der Waals surface area contributed by atoms with E-state index >= 15 is 0 Å². The molecule has 1 heterocycles. The third-order valence-electron chi connectivity index (χ3n) is 6.43. The summed E-state index contributed by atoms with van der Waals surface area (Å²) in [6.45, 7) is 6.81. The predicted octanol–water partition coefficient (Wildman–Crippen LogP) is 4.73. The Kier molecular flexibility index (Phi) is 9.77. The summed E-state index contributed by atoms with van der Waals surface area (Å²) in [6.07, 6.45) is 0.111. The van der Waals surface area contributed by atoms with Crippen LogP contribution in [0, 0.1) is 5.92 Å². The zero-order valence-corrected chi connectivity index (χ0v) is 22.7. The standard InChI is InChI=1S/C27H35ClN4O5/c1-6-25(33)32-14-17(2)24(36-5)15-31(4)26(34)22-13-21(11-12-23(22)37-16-18(32)3)30-27(35)29-20-9-7-19(28)8-10-20/h7-13,17-18,24H,6,14-16H2,1-5H3,(H2,29,30,35)/t17-,18+,24-/m0/s1. The molecule has 0 saturated heterocycles. The van der Waals surface area contributed by atoms with Crippen molar-refractivity contribution in [3.8, 4) is 5.75 Å². The molecule has 3 atom stereocenters. The van der Waals surface area contributed by atoms with Crippen LogP contribution in [0.4, 0.5) is 16.2 Å². The lowest BCUT2D eigenvalue weighted by molar-refractivity contribution is -0.135. The molecule has 0 spiro atoms. The van der Waals surface area contributed by atoms with Crippen molar-refractivity contribution in [1.29, 1.82) is 0 Å². The maximum Gasteiger partial charge on any atom is 0.323 e. The van der Waals surface area contributed by atoms with Crippen LogP contribution in [-0.4, -0.2) is 73.6 Å². The summed E-state index contributed by atoms with van der Waals surface area (Å²) in [7, 11) is 3.31. The molecule has 200 valence electrons. The van der Waals surface area contributed by atoms with Gasteiger partial charge in [0.25, 0.3) is 5.91 Å². The lowest BCUT2D eigenvalue weighted by Crippen LogP contribution is -2.48. The van der Waals surface area contributed by atoms with Gasteiger partial charge in [0.15, 0.2) is 0 Å². The van der Waals surface area contributed by atoms with Gasteiger partial charge in [0.2, 0.25) is 5.91 Å². The third kappa shape index (κ3) is 7.36. The van der Waals surface area contributed by atoms with Crippen LogP contribution in [-0.2, 0) is 9.53 Å². The summed E-state index contributed by atoms with van der Waals surface area (Å²) in [5, 5.41) is 6.05. The normalized spacial score (nSPS) is 20.7. The van der Waals surface area contributed by atoms with Gasteiger partial charge in [-0.1, -0.05) is 25.4 Å². The minimum Gasteiger partial charge on any atom is -0.491 e. The molecule has 0 aliphatic carbocycles. The Hall–Kier alpha value is -3.30. The van der Waals surface area contributed by atoms with Crippen molar-refractivity contribution in [3.05, 3.63) is 53.1 Å². The van der Waals surface area contributed by atoms with Gasteiger partial charge < -0.3 is 29.9 Å². The number of benzene rings is 2. The highest BCUT2D eigenvalue weighted by molar-refractivity contribution is 6.30. The second-order valence-electron chi connectivity index (χ2n) is 9.29. The monoisotopic (exact) mass is 530 g/mol. The van der Waals surface area contributed by atoms with Crippen LogP contribution < -0.4 is 15.4 Å². The van der Waals surface area contributed by atoms with E-state index in [9.17, 15) is 14.4 Å². The predicted molar refractivity (Wildman–Crippen MR) is 144 cm³/mol. The van der Waals surface area contributed by atoms with E-state index in [1.807, 2.05) is 25.7 Å². The first kappa shape index (κ1) is 28.3. The highest BCUT2D eigenvalue weighted by Gasteiger charge is 2.30. The Balaban J connectivity index is 1.88. The van der Waals surface area contributed by atoms with E-state index in [0.717, 1.165) is 0 Å². The number of carbonyl (C=O) groups excluding carboxylic acids is 3. The summed E-state index contributed by atoms with van der Waals surface area (Å²) in [5.41, 5.74) is 1.30. The number of amides is 4. The molecule has 2 aromatic carbocycles. The van der Waals surface area contributed by atoms with Crippen LogP contribution in [0.25, 0.3) is 0 Å². The van der Waals surface area contributed by atoms with Crippen molar-refractivity contribution in [2.24, 2.45) is 5.92 Å². The van der Waals surface area contributed by atoms with E-state index in [1.165, 1.54) is 0 Å². The zero-order valence-electron chi connectivity index (χ0n) is 21.9. The molecule has 2 aromatic rings. The number of nitrogens with one attached hydrogen (secondary N) is 2. The number of fused-ring (bicyclic) bond motifs is 1. The molecule has 9 nitrogen and oxygen atoms in total. The van der Waals surface area contributed by atoms with E-state index in [4.69, 9.17) is 21.1 Å². The van der Waals surface area contributed by atoms with Crippen molar-refractivity contribution >= 4 is 40.8 Å². The van der Waals surface area contributed by atoms with Crippen LogP contribution in [0.15, 0.2) is 42.5 Å². The van der Waals surface area contributed by atoms with Gasteiger partial charge in [0.05, 0.1) is 17.7 Å². The number of methoxy groups -OCH3 is 1. The Morgan fingerprint density at radius 3 is 2.38 bits per heavy atom. The molecule has 0 fully saturated rings. The molecule has 1 aliphatic heterocycles. The van der Waals surface area contributed by atoms with E-state index < -0.39 is 6.03 Å². The lowest BCUT2D eigenvalue weighted by Gasteiger charge is -2.36. The number of urea groups is 1. The highest BCUT2D eigenvalue weighted by Crippen LogP contribution is 2.27. The van der Waals surface area contributed by atoms with E-state index in [-0.39, 0.29) is 36.5 Å². The first-order valence-corrected chi connectivity index (χ1v) is 12.7. The minimum atomic E-state index is -0.465. The summed E-state index contributed by atoms with van der Waals surface area (Å²) < 4.78 is 11.8. The van der Waals surface area contributed by atoms with Gasteiger partial charge in [0, 0.05) is 56.0 Å². The second kappa shape index (κ2) is 12.8. The zero-order chi connectivity index (χ0) is 27.1.